The molecule has 0 radical (unpaired) electrons. The summed E-state index contributed by atoms with van der Waals surface area (Å²) in [5.41, 5.74) is 6.17. The Balaban J connectivity index is 2.60. The van der Waals surface area contributed by atoms with Gasteiger partial charge in [-0.15, -0.1) is 0 Å². The van der Waals surface area contributed by atoms with Gasteiger partial charge in [-0.3, -0.25) is 4.90 Å². The Morgan fingerprint density at radius 2 is 2.28 bits per heavy atom. The maximum Gasteiger partial charge on any atom is 0.0589 e. The molecule has 4 heteroatoms. The van der Waals surface area contributed by atoms with Crippen molar-refractivity contribution in [3.05, 3.63) is 0 Å². The van der Waals surface area contributed by atoms with Crippen LogP contribution in [0, 0.1) is 5.41 Å². The van der Waals surface area contributed by atoms with Crippen molar-refractivity contribution < 1.29 is 9.47 Å². The van der Waals surface area contributed by atoms with Gasteiger partial charge in [-0.2, -0.15) is 0 Å². The first-order chi connectivity index (χ1) is 8.67. The molecule has 0 saturated carbocycles. The van der Waals surface area contributed by atoms with E-state index in [1.54, 1.807) is 7.11 Å². The summed E-state index contributed by atoms with van der Waals surface area (Å²) in [5.74, 6) is 0. The standard InChI is InChI=1S/C14H30N2O2/c1-4-13(2)16(7-9-17-3)11-14(10-15)6-5-8-18-12-14/h13H,4-12,15H2,1-3H3. The molecule has 0 amide bonds. The summed E-state index contributed by atoms with van der Waals surface area (Å²) < 4.78 is 10.9. The van der Waals surface area contributed by atoms with Crippen LogP contribution in [0.25, 0.3) is 0 Å². The van der Waals surface area contributed by atoms with Crippen LogP contribution in [0.1, 0.15) is 33.1 Å². The normalized spacial score (nSPS) is 26.5. The highest BCUT2D eigenvalue weighted by atomic mass is 16.5. The molecule has 1 aliphatic heterocycles. The monoisotopic (exact) mass is 258 g/mol. The summed E-state index contributed by atoms with van der Waals surface area (Å²) in [6, 6.07) is 0.575. The number of methoxy groups -OCH3 is 1. The molecule has 1 rings (SSSR count). The first-order valence-electron chi connectivity index (χ1n) is 7.18. The minimum Gasteiger partial charge on any atom is -0.383 e. The molecule has 0 aromatic heterocycles. The average molecular weight is 258 g/mol. The number of rotatable bonds is 8. The molecule has 1 fully saturated rings. The number of nitrogens with zero attached hydrogens (tertiary/aromatic N) is 1. The second-order valence-electron chi connectivity index (χ2n) is 5.58. The maximum atomic E-state index is 6.02. The molecule has 18 heavy (non-hydrogen) atoms. The second kappa shape index (κ2) is 8.10. The molecule has 2 atom stereocenters. The Kier molecular flexibility index (Phi) is 7.15. The molecule has 1 aliphatic rings. The number of hydrogen-bond acceptors (Lipinski definition) is 4. The van der Waals surface area contributed by atoms with Gasteiger partial charge in [0.05, 0.1) is 13.2 Å². The summed E-state index contributed by atoms with van der Waals surface area (Å²) in [5, 5.41) is 0. The molecule has 2 N–H and O–H groups in total. The lowest BCUT2D eigenvalue weighted by atomic mass is 9.81. The third kappa shape index (κ3) is 4.50. The van der Waals surface area contributed by atoms with Crippen LogP contribution < -0.4 is 5.73 Å². The first-order valence-corrected chi connectivity index (χ1v) is 7.18. The molecule has 0 aromatic carbocycles. The number of ether oxygens (including phenoxy) is 2. The van der Waals surface area contributed by atoms with Gasteiger partial charge >= 0.3 is 0 Å². The van der Waals surface area contributed by atoms with E-state index in [0.29, 0.717) is 12.6 Å². The van der Waals surface area contributed by atoms with Gasteiger partial charge < -0.3 is 15.2 Å². The van der Waals surface area contributed by atoms with Gasteiger partial charge in [-0.1, -0.05) is 6.92 Å². The Morgan fingerprint density at radius 3 is 2.78 bits per heavy atom. The van der Waals surface area contributed by atoms with E-state index in [-0.39, 0.29) is 5.41 Å². The van der Waals surface area contributed by atoms with E-state index in [1.165, 1.54) is 6.42 Å². The molecule has 0 bridgehead atoms. The van der Waals surface area contributed by atoms with Gasteiger partial charge in [0.25, 0.3) is 0 Å². The van der Waals surface area contributed by atoms with Crippen molar-refractivity contribution in [2.24, 2.45) is 11.1 Å². The van der Waals surface area contributed by atoms with Crippen molar-refractivity contribution in [2.75, 3.05) is 46.6 Å². The highest BCUT2D eigenvalue weighted by Crippen LogP contribution is 2.29. The van der Waals surface area contributed by atoms with Crippen LogP contribution in [0.5, 0.6) is 0 Å². The minimum atomic E-state index is 0.148. The molecule has 4 nitrogen and oxygen atoms in total. The third-order valence-electron chi connectivity index (χ3n) is 4.17. The highest BCUT2D eigenvalue weighted by molar-refractivity contribution is 4.87. The minimum absolute atomic E-state index is 0.148. The Morgan fingerprint density at radius 1 is 1.50 bits per heavy atom. The van der Waals surface area contributed by atoms with Crippen LogP contribution in [0.4, 0.5) is 0 Å². The van der Waals surface area contributed by atoms with Gasteiger partial charge in [0.1, 0.15) is 0 Å². The second-order valence-corrected chi connectivity index (χ2v) is 5.58. The van der Waals surface area contributed by atoms with E-state index >= 15 is 0 Å². The molecule has 0 spiro atoms. The Hall–Kier alpha value is -0.160. The fourth-order valence-corrected chi connectivity index (χ4v) is 2.61. The molecule has 1 heterocycles. The lowest BCUT2D eigenvalue weighted by Crippen LogP contribution is -2.50. The van der Waals surface area contributed by atoms with Crippen molar-refractivity contribution in [3.63, 3.8) is 0 Å². The number of hydrogen-bond donors (Lipinski definition) is 1. The molecular weight excluding hydrogens is 228 g/mol. The zero-order valence-corrected chi connectivity index (χ0v) is 12.3. The smallest absolute Gasteiger partial charge is 0.0589 e. The lowest BCUT2D eigenvalue weighted by Gasteiger charge is -2.42. The van der Waals surface area contributed by atoms with Crippen LogP contribution >= 0.6 is 0 Å². The fourth-order valence-electron chi connectivity index (χ4n) is 2.61. The quantitative estimate of drug-likeness (QED) is 0.716. The van der Waals surface area contributed by atoms with Gasteiger partial charge in [-0.25, -0.2) is 0 Å². The van der Waals surface area contributed by atoms with Crippen molar-refractivity contribution >= 4 is 0 Å². The topological polar surface area (TPSA) is 47.7 Å². The van der Waals surface area contributed by atoms with E-state index in [2.05, 4.69) is 18.7 Å². The van der Waals surface area contributed by atoms with Crippen molar-refractivity contribution in [1.29, 1.82) is 0 Å². The average Bonchev–Trinajstić information content (AvgIpc) is 2.43. The predicted octanol–water partition coefficient (Wildman–Crippen LogP) is 1.49. The van der Waals surface area contributed by atoms with E-state index in [9.17, 15) is 0 Å². The molecular formula is C14H30N2O2. The fraction of sp³-hybridized carbons (Fsp3) is 1.00. The molecule has 108 valence electrons. The van der Waals surface area contributed by atoms with Crippen LogP contribution in [0.2, 0.25) is 0 Å². The molecule has 0 aliphatic carbocycles. The SMILES string of the molecule is CCC(C)N(CCOC)CC1(CN)CCCOC1. The Labute approximate surface area is 112 Å². The molecule has 1 saturated heterocycles. The van der Waals surface area contributed by atoms with Crippen LogP contribution in [-0.2, 0) is 9.47 Å². The van der Waals surface area contributed by atoms with E-state index < -0.39 is 0 Å². The first kappa shape index (κ1) is 15.9. The van der Waals surface area contributed by atoms with E-state index in [4.69, 9.17) is 15.2 Å². The van der Waals surface area contributed by atoms with Gasteiger partial charge in [0.2, 0.25) is 0 Å². The summed E-state index contributed by atoms with van der Waals surface area (Å²) >= 11 is 0. The van der Waals surface area contributed by atoms with Gasteiger partial charge in [0.15, 0.2) is 0 Å². The largest absolute Gasteiger partial charge is 0.383 e. The zero-order valence-electron chi connectivity index (χ0n) is 12.3. The summed E-state index contributed by atoms with van der Waals surface area (Å²) in [7, 11) is 1.76. The van der Waals surface area contributed by atoms with Crippen molar-refractivity contribution in [2.45, 2.75) is 39.2 Å². The summed E-state index contributed by atoms with van der Waals surface area (Å²) in [6.45, 7) is 9.72. The highest BCUT2D eigenvalue weighted by Gasteiger charge is 2.34. The molecule has 2 unspecified atom stereocenters. The van der Waals surface area contributed by atoms with Crippen LogP contribution in [-0.4, -0.2) is 57.5 Å². The zero-order chi connectivity index (χ0) is 13.4. The van der Waals surface area contributed by atoms with Crippen molar-refractivity contribution in [3.8, 4) is 0 Å². The van der Waals surface area contributed by atoms with Crippen LogP contribution in [0.15, 0.2) is 0 Å². The Bertz CT molecular complexity index is 218. The van der Waals surface area contributed by atoms with Gasteiger partial charge in [0, 0.05) is 44.8 Å². The van der Waals surface area contributed by atoms with E-state index in [0.717, 1.165) is 45.8 Å². The predicted molar refractivity (Wildman–Crippen MR) is 74.7 cm³/mol. The van der Waals surface area contributed by atoms with E-state index in [1.807, 2.05) is 0 Å². The van der Waals surface area contributed by atoms with Crippen molar-refractivity contribution in [1.82, 2.24) is 4.90 Å². The number of nitrogens with two attached hydrogens (primary N) is 1. The molecule has 0 aromatic rings. The lowest BCUT2D eigenvalue weighted by molar-refractivity contribution is -0.0313. The van der Waals surface area contributed by atoms with Crippen LogP contribution in [0.3, 0.4) is 0 Å². The summed E-state index contributed by atoms with van der Waals surface area (Å²) in [6.07, 6.45) is 3.48. The summed E-state index contributed by atoms with van der Waals surface area (Å²) in [4.78, 5) is 2.50. The van der Waals surface area contributed by atoms with Gasteiger partial charge in [-0.05, 0) is 26.2 Å². The third-order valence-corrected chi connectivity index (χ3v) is 4.17. The maximum absolute atomic E-state index is 6.02.